The van der Waals surface area contributed by atoms with Gasteiger partial charge in [-0.3, -0.25) is 5.41 Å². The number of benzene rings is 1. The molecule has 2 N–H and O–H groups in total. The predicted molar refractivity (Wildman–Crippen MR) is 92.2 cm³/mol. The maximum Gasteiger partial charge on any atom is 0.325 e. The molecule has 0 bridgehead atoms. The molecule has 0 radical (unpaired) electrons. The zero-order chi connectivity index (χ0) is 17.4. The number of nitrogens with zero attached hydrogens (tertiary/aromatic N) is 2. The van der Waals surface area contributed by atoms with Crippen molar-refractivity contribution in [3.05, 3.63) is 30.0 Å². The largest absolute Gasteiger partial charge is 0.497 e. The third-order valence-electron chi connectivity index (χ3n) is 2.95. The molecule has 1 rings (SSSR count). The van der Waals surface area contributed by atoms with Crippen LogP contribution in [0.15, 0.2) is 35.0 Å². The summed E-state index contributed by atoms with van der Waals surface area (Å²) >= 11 is 5.79. The number of urea groups is 1. The Bertz CT molecular complexity index is 621. The van der Waals surface area contributed by atoms with E-state index >= 15 is 0 Å². The van der Waals surface area contributed by atoms with E-state index in [9.17, 15) is 4.79 Å². The molecule has 1 aromatic rings. The number of allylic oxidation sites excluding steroid dienone is 2. The first-order valence-corrected chi connectivity index (χ1v) is 6.97. The second-order valence-electron chi connectivity index (χ2n) is 4.46. The predicted octanol–water partition coefficient (Wildman–Crippen LogP) is 3.32. The number of halogens is 1. The number of hydrogen-bond acceptors (Lipinski definition) is 4. The van der Waals surface area contributed by atoms with Crippen LogP contribution in [0.25, 0.3) is 0 Å². The van der Waals surface area contributed by atoms with E-state index in [1.165, 1.54) is 25.2 Å². The van der Waals surface area contributed by atoms with Crippen molar-refractivity contribution in [1.82, 2.24) is 4.90 Å². The number of hydrogen-bond donors (Lipinski definition) is 2. The Morgan fingerprint density at radius 1 is 1.30 bits per heavy atom. The lowest BCUT2D eigenvalue weighted by atomic mass is 10.2. The number of ether oxygens (including phenoxy) is 2. The van der Waals surface area contributed by atoms with Crippen LogP contribution in [0.4, 0.5) is 10.5 Å². The van der Waals surface area contributed by atoms with Crippen molar-refractivity contribution in [3.8, 4) is 11.5 Å². The van der Waals surface area contributed by atoms with Crippen LogP contribution >= 0.6 is 11.6 Å². The van der Waals surface area contributed by atoms with Gasteiger partial charge >= 0.3 is 6.03 Å². The van der Waals surface area contributed by atoms with Crippen LogP contribution in [-0.4, -0.2) is 43.7 Å². The summed E-state index contributed by atoms with van der Waals surface area (Å²) in [5.74, 6) is 1.13. The molecular formula is C15H19ClN4O3. The van der Waals surface area contributed by atoms with E-state index in [1.54, 1.807) is 32.2 Å². The average Bonchev–Trinajstić information content (AvgIpc) is 2.53. The first kappa shape index (κ1) is 18.5. The first-order valence-electron chi connectivity index (χ1n) is 6.59. The van der Waals surface area contributed by atoms with E-state index in [1.807, 2.05) is 0 Å². The Balaban J connectivity index is 2.90. The van der Waals surface area contributed by atoms with Gasteiger partial charge in [0, 0.05) is 36.6 Å². The summed E-state index contributed by atoms with van der Waals surface area (Å²) in [5.41, 5.74) is 1.10. The van der Waals surface area contributed by atoms with E-state index in [0.29, 0.717) is 22.9 Å². The fourth-order valence-corrected chi connectivity index (χ4v) is 1.82. The third kappa shape index (κ3) is 5.63. The number of anilines is 1. The second kappa shape index (κ2) is 8.79. The standard InChI is InChI=1S/C15H19ClN4O3/c1-10(5-14(16)18-9-17)20(2)15(21)19-11-6-12(22-3)8-13(7-11)23-4/h5-9,17H,1-4H3,(H,19,21)/b10-5+,17-9?,18-14?. The smallest absolute Gasteiger partial charge is 0.325 e. The van der Waals surface area contributed by atoms with Gasteiger partial charge in [0.1, 0.15) is 23.0 Å². The minimum absolute atomic E-state index is 0.111. The van der Waals surface area contributed by atoms with E-state index in [2.05, 4.69) is 10.3 Å². The van der Waals surface area contributed by atoms with Crippen molar-refractivity contribution in [2.45, 2.75) is 6.92 Å². The molecule has 0 aromatic heterocycles. The first-order chi connectivity index (χ1) is 10.9. The molecule has 0 spiro atoms. The molecule has 0 fully saturated rings. The average molecular weight is 339 g/mol. The Labute approximate surface area is 140 Å². The van der Waals surface area contributed by atoms with Crippen LogP contribution in [0.5, 0.6) is 11.5 Å². The molecule has 7 nitrogen and oxygen atoms in total. The number of rotatable bonds is 6. The van der Waals surface area contributed by atoms with E-state index in [4.69, 9.17) is 26.5 Å². The number of carbonyl (C=O) groups is 1. The highest BCUT2D eigenvalue weighted by Crippen LogP contribution is 2.26. The van der Waals surface area contributed by atoms with Crippen LogP contribution < -0.4 is 14.8 Å². The van der Waals surface area contributed by atoms with Gasteiger partial charge < -0.3 is 19.7 Å². The van der Waals surface area contributed by atoms with Crippen molar-refractivity contribution in [1.29, 1.82) is 5.41 Å². The summed E-state index contributed by atoms with van der Waals surface area (Å²) in [6, 6.07) is 4.69. The highest BCUT2D eigenvalue weighted by atomic mass is 35.5. The van der Waals surface area contributed by atoms with Crippen molar-refractivity contribution in [2.75, 3.05) is 26.6 Å². The molecule has 0 saturated heterocycles. The van der Waals surface area contributed by atoms with Crippen LogP contribution in [0.1, 0.15) is 6.92 Å². The normalized spacial score (nSPS) is 11.7. The fourth-order valence-electron chi connectivity index (χ4n) is 1.62. The number of methoxy groups -OCH3 is 2. The van der Waals surface area contributed by atoms with Crippen molar-refractivity contribution >= 4 is 34.8 Å². The molecular weight excluding hydrogens is 320 g/mol. The lowest BCUT2D eigenvalue weighted by Crippen LogP contribution is -2.30. The number of carbonyl (C=O) groups excluding carboxylic acids is 1. The Hall–Kier alpha value is -2.54. The van der Waals surface area contributed by atoms with Crippen LogP contribution in [0.3, 0.4) is 0 Å². The molecule has 0 aliphatic heterocycles. The molecule has 0 aliphatic rings. The quantitative estimate of drug-likeness (QED) is 0.616. The third-order valence-corrected chi connectivity index (χ3v) is 3.16. The Morgan fingerprint density at radius 3 is 2.35 bits per heavy atom. The van der Waals surface area contributed by atoms with Gasteiger partial charge in [-0.1, -0.05) is 11.6 Å². The van der Waals surface area contributed by atoms with E-state index in [0.717, 1.165) is 6.34 Å². The van der Waals surface area contributed by atoms with Gasteiger partial charge in [0.05, 0.1) is 14.2 Å². The Kier molecular flexibility index (Phi) is 7.08. The van der Waals surface area contributed by atoms with E-state index in [-0.39, 0.29) is 11.2 Å². The van der Waals surface area contributed by atoms with Gasteiger partial charge in [-0.05, 0) is 13.0 Å². The highest BCUT2D eigenvalue weighted by molar-refractivity contribution is 6.69. The maximum atomic E-state index is 12.3. The summed E-state index contributed by atoms with van der Waals surface area (Å²) in [4.78, 5) is 17.2. The maximum absolute atomic E-state index is 12.3. The van der Waals surface area contributed by atoms with Crippen LogP contribution in [0, 0.1) is 5.41 Å². The lowest BCUT2D eigenvalue weighted by molar-refractivity contribution is 0.232. The number of amides is 2. The summed E-state index contributed by atoms with van der Waals surface area (Å²) in [6.07, 6.45) is 2.31. The monoisotopic (exact) mass is 338 g/mol. The molecule has 0 unspecified atom stereocenters. The summed E-state index contributed by atoms with van der Waals surface area (Å²) < 4.78 is 10.3. The molecule has 0 heterocycles. The van der Waals surface area contributed by atoms with Crippen LogP contribution in [0.2, 0.25) is 0 Å². The zero-order valence-electron chi connectivity index (χ0n) is 13.4. The summed E-state index contributed by atoms with van der Waals surface area (Å²) in [7, 11) is 4.65. The van der Waals surface area contributed by atoms with Gasteiger partial charge in [-0.15, -0.1) is 0 Å². The molecule has 0 saturated carbocycles. The second-order valence-corrected chi connectivity index (χ2v) is 4.84. The van der Waals surface area contributed by atoms with Crippen molar-refractivity contribution < 1.29 is 14.3 Å². The molecule has 124 valence electrons. The number of aliphatic imine (C=N–C) groups is 1. The molecule has 8 heteroatoms. The van der Waals surface area contributed by atoms with Gasteiger partial charge in [0.2, 0.25) is 0 Å². The minimum Gasteiger partial charge on any atom is -0.497 e. The molecule has 23 heavy (non-hydrogen) atoms. The minimum atomic E-state index is -0.367. The lowest BCUT2D eigenvalue weighted by Gasteiger charge is -2.19. The van der Waals surface area contributed by atoms with Gasteiger partial charge in [0.25, 0.3) is 0 Å². The van der Waals surface area contributed by atoms with Crippen molar-refractivity contribution in [3.63, 3.8) is 0 Å². The highest BCUT2D eigenvalue weighted by Gasteiger charge is 2.12. The van der Waals surface area contributed by atoms with E-state index < -0.39 is 0 Å². The van der Waals surface area contributed by atoms with Crippen molar-refractivity contribution in [2.24, 2.45) is 4.99 Å². The summed E-state index contributed by atoms with van der Waals surface area (Å²) in [5, 5.41) is 9.70. The molecule has 0 atom stereocenters. The van der Waals surface area contributed by atoms with Gasteiger partial charge in [0.15, 0.2) is 0 Å². The van der Waals surface area contributed by atoms with Gasteiger partial charge in [-0.25, -0.2) is 9.79 Å². The SMILES string of the molecule is COc1cc(NC(=O)N(C)/C(C)=C/C(Cl)=NC=N)cc(OC)c1. The van der Waals surface area contributed by atoms with Gasteiger partial charge in [-0.2, -0.15) is 0 Å². The topological polar surface area (TPSA) is 87.0 Å². The van der Waals surface area contributed by atoms with Crippen LogP contribution in [-0.2, 0) is 0 Å². The molecule has 0 aliphatic carbocycles. The fraction of sp³-hybridized carbons (Fsp3) is 0.267. The zero-order valence-corrected chi connectivity index (χ0v) is 14.1. The molecule has 2 amide bonds. The molecule has 1 aromatic carbocycles. The Morgan fingerprint density at radius 2 is 1.87 bits per heavy atom. The summed E-state index contributed by atoms with van der Waals surface area (Å²) in [6.45, 7) is 1.70. The number of nitrogens with one attached hydrogen (secondary N) is 2.